The van der Waals surface area contributed by atoms with Crippen molar-refractivity contribution in [3.05, 3.63) is 52.9 Å². The van der Waals surface area contributed by atoms with E-state index in [9.17, 15) is 24.3 Å². The monoisotopic (exact) mass is 966 g/mol. The Labute approximate surface area is 407 Å². The van der Waals surface area contributed by atoms with Crippen LogP contribution in [0.3, 0.4) is 0 Å². The molecular weight excluding hydrogens is 901 g/mol. The van der Waals surface area contributed by atoms with Gasteiger partial charge in [-0.3, -0.25) is 19.2 Å². The minimum atomic E-state index is -1.23. The number of carbonyl (C=O) groups excluding carboxylic acids is 4. The normalized spacial score (nSPS) is 14.3. The Hall–Kier alpha value is -6.43. The van der Waals surface area contributed by atoms with Gasteiger partial charge in [0.25, 0.3) is 0 Å². The molecule has 1 fully saturated rings. The van der Waals surface area contributed by atoms with Gasteiger partial charge in [0.05, 0.1) is 28.9 Å². The summed E-state index contributed by atoms with van der Waals surface area (Å²) in [5.41, 5.74) is 10.8. The van der Waals surface area contributed by atoms with Gasteiger partial charge in [0.1, 0.15) is 34.4 Å². The number of pyridine rings is 1. The number of hydrogen-bond donors (Lipinski definition) is 6. The number of aromatic nitrogens is 6. The van der Waals surface area contributed by atoms with Crippen LogP contribution in [0, 0.1) is 24.2 Å². The number of aliphatic hydroxyl groups is 1. The highest BCUT2D eigenvalue weighted by atomic mass is 32.1. The van der Waals surface area contributed by atoms with Crippen LogP contribution in [-0.4, -0.2) is 114 Å². The Balaban J connectivity index is 0.863. The Morgan fingerprint density at radius 2 is 1.74 bits per heavy atom. The Morgan fingerprint density at radius 1 is 0.986 bits per heavy atom. The van der Waals surface area contributed by atoms with Crippen molar-refractivity contribution >= 4 is 51.8 Å². The number of fused-ring (bicyclic) bond motifs is 1. The quantitative estimate of drug-likeness (QED) is 0.0399. The van der Waals surface area contributed by atoms with Crippen molar-refractivity contribution in [2.24, 2.45) is 5.41 Å². The molecule has 4 aromatic heterocycles. The third kappa shape index (κ3) is 14.1. The molecule has 1 saturated heterocycles. The number of nitrogens with two attached hydrogens (primary N) is 1. The standard InChI is InChI=1S/C49H66N12O7S/c1-8-60-41-36(29-53-34(21-22-49(6,7)66)39(41)57-45(60)40-44(50)59-68-58-40)67-27-13-24-51-23-11-16-37(62)52-25-10-9-15-38(63)56-43(48(3,4)5)47(65)61-26-12-14-35(61)46(64)54-28-32-17-19-33(20-18-32)42-31(2)55-30-69-42/h17-20,29-30,35,43,51,66H,8-16,23-28H2,1-7H3,(H2,50,59)(H,52,62)(H,54,64)(H,56,63)/t35-,43?/m0/s1. The van der Waals surface area contributed by atoms with E-state index in [1.54, 1.807) is 36.3 Å². The Kier molecular flexibility index (Phi) is 17.9. The highest BCUT2D eigenvalue weighted by Gasteiger charge is 2.41. The minimum Gasteiger partial charge on any atom is -0.490 e. The van der Waals surface area contributed by atoms with Gasteiger partial charge in [-0.05, 0) is 112 Å². The molecule has 0 saturated carbocycles. The number of ether oxygens (including phenoxy) is 1. The van der Waals surface area contributed by atoms with Crippen molar-refractivity contribution in [1.29, 1.82) is 0 Å². The summed E-state index contributed by atoms with van der Waals surface area (Å²) in [6.07, 6.45) is 5.90. The van der Waals surface area contributed by atoms with E-state index in [2.05, 4.69) is 53.4 Å². The number of amides is 4. The van der Waals surface area contributed by atoms with Crippen LogP contribution in [-0.2, 0) is 32.3 Å². The molecule has 69 heavy (non-hydrogen) atoms. The van der Waals surface area contributed by atoms with Gasteiger partial charge in [-0.25, -0.2) is 19.6 Å². The number of aryl methyl sites for hydroxylation is 2. The molecule has 1 unspecified atom stereocenters. The molecule has 0 bridgehead atoms. The summed E-state index contributed by atoms with van der Waals surface area (Å²) >= 11 is 1.59. The third-order valence-corrected chi connectivity index (χ3v) is 12.6. The molecule has 5 aromatic rings. The fraction of sp³-hybridized carbons (Fsp3) is 0.531. The number of unbranched alkanes of at least 4 members (excludes halogenated alkanes) is 1. The molecule has 6 rings (SSSR count). The number of benzene rings is 1. The molecule has 20 heteroatoms. The molecule has 1 aliphatic heterocycles. The van der Waals surface area contributed by atoms with Gasteiger partial charge in [0.2, 0.25) is 23.6 Å². The average molecular weight is 967 g/mol. The van der Waals surface area contributed by atoms with Crippen LogP contribution in [0.25, 0.3) is 33.0 Å². The Morgan fingerprint density at radius 3 is 2.42 bits per heavy atom. The van der Waals surface area contributed by atoms with Crippen LogP contribution in [0.5, 0.6) is 5.75 Å². The van der Waals surface area contributed by atoms with Crippen molar-refractivity contribution in [3.63, 3.8) is 0 Å². The molecule has 1 aliphatic rings. The van der Waals surface area contributed by atoms with Crippen molar-refractivity contribution in [3.8, 4) is 39.5 Å². The maximum absolute atomic E-state index is 14.0. The second kappa shape index (κ2) is 23.7. The maximum Gasteiger partial charge on any atom is 0.246 e. The summed E-state index contributed by atoms with van der Waals surface area (Å²) in [5.74, 6) is 5.98. The SMILES string of the molecule is CCn1c(-c2nonc2N)nc2c(C#CC(C)(C)O)ncc(OCCCNCCCC(=O)NCCCCC(=O)NC(C(=O)N3CCC[C@H]3C(=O)NCc3ccc(-c4scnc4C)cc3)C(C)(C)C)c21. The molecule has 370 valence electrons. The third-order valence-electron chi connectivity index (χ3n) is 11.6. The number of nitrogen functional groups attached to an aromatic ring is 1. The number of nitrogens with one attached hydrogen (secondary N) is 4. The first kappa shape index (κ1) is 52.0. The predicted molar refractivity (Wildman–Crippen MR) is 263 cm³/mol. The van der Waals surface area contributed by atoms with Gasteiger partial charge in [0.15, 0.2) is 23.1 Å². The van der Waals surface area contributed by atoms with Crippen LogP contribution in [0.1, 0.15) is 110 Å². The van der Waals surface area contributed by atoms with E-state index in [1.807, 2.05) is 69.0 Å². The number of likely N-dealkylation sites (tertiary alicyclic amines) is 1. The topological polar surface area (TPSA) is 258 Å². The summed E-state index contributed by atoms with van der Waals surface area (Å²) in [6, 6.07) is 6.62. The molecule has 0 aliphatic carbocycles. The highest BCUT2D eigenvalue weighted by Crippen LogP contribution is 2.34. The average Bonchev–Trinajstić information content (AvgIpc) is 4.14. The molecule has 7 N–H and O–H groups in total. The van der Waals surface area contributed by atoms with Crippen LogP contribution >= 0.6 is 11.3 Å². The lowest BCUT2D eigenvalue weighted by molar-refractivity contribution is -0.143. The van der Waals surface area contributed by atoms with Gasteiger partial charge < -0.3 is 46.3 Å². The summed E-state index contributed by atoms with van der Waals surface area (Å²) in [6.45, 7) is 16.2. The molecule has 2 atom stereocenters. The lowest BCUT2D eigenvalue weighted by Crippen LogP contribution is -2.57. The number of nitrogens with zero attached hydrogens (tertiary/aromatic N) is 7. The van der Waals surface area contributed by atoms with Gasteiger partial charge in [-0.1, -0.05) is 51.0 Å². The van der Waals surface area contributed by atoms with E-state index in [0.717, 1.165) is 21.7 Å². The maximum atomic E-state index is 14.0. The smallest absolute Gasteiger partial charge is 0.246 e. The summed E-state index contributed by atoms with van der Waals surface area (Å²) < 4.78 is 12.9. The van der Waals surface area contributed by atoms with Gasteiger partial charge in [-0.15, -0.1) is 11.3 Å². The largest absolute Gasteiger partial charge is 0.490 e. The summed E-state index contributed by atoms with van der Waals surface area (Å²) in [4.78, 5) is 69.4. The van der Waals surface area contributed by atoms with Crippen molar-refractivity contribution in [2.45, 2.75) is 131 Å². The lowest BCUT2D eigenvalue weighted by atomic mass is 9.85. The second-order valence-corrected chi connectivity index (χ2v) is 19.6. The van der Waals surface area contributed by atoms with Gasteiger partial charge in [0, 0.05) is 39.0 Å². The molecular formula is C49H66N12O7S. The van der Waals surface area contributed by atoms with Crippen LogP contribution < -0.4 is 31.7 Å². The first-order valence-corrected chi connectivity index (χ1v) is 24.5. The predicted octanol–water partition coefficient (Wildman–Crippen LogP) is 4.90. The summed E-state index contributed by atoms with van der Waals surface area (Å²) in [5, 5.41) is 30.1. The number of thiazole rings is 1. The zero-order valence-corrected chi connectivity index (χ0v) is 41.6. The number of anilines is 1. The van der Waals surface area contributed by atoms with Crippen LogP contribution in [0.4, 0.5) is 5.82 Å². The fourth-order valence-corrected chi connectivity index (χ4v) is 8.79. The van der Waals surface area contributed by atoms with Crippen molar-refractivity contribution < 1.29 is 33.7 Å². The minimum absolute atomic E-state index is 0.0608. The number of carbonyl (C=O) groups is 4. The van der Waals surface area contributed by atoms with E-state index < -0.39 is 23.1 Å². The second-order valence-electron chi connectivity index (χ2n) is 18.8. The first-order valence-electron chi connectivity index (χ1n) is 23.7. The molecule has 0 spiro atoms. The lowest BCUT2D eigenvalue weighted by Gasteiger charge is -2.35. The molecule has 19 nitrogen and oxygen atoms in total. The fourth-order valence-electron chi connectivity index (χ4n) is 7.98. The molecule has 4 amide bonds. The molecule has 0 radical (unpaired) electrons. The number of imidazole rings is 1. The van der Waals surface area contributed by atoms with E-state index in [4.69, 9.17) is 20.1 Å². The molecule has 5 heterocycles. The summed E-state index contributed by atoms with van der Waals surface area (Å²) in [7, 11) is 0. The van der Waals surface area contributed by atoms with E-state index >= 15 is 0 Å². The first-order chi connectivity index (χ1) is 32.9. The highest BCUT2D eigenvalue weighted by molar-refractivity contribution is 7.13. The molecule has 1 aromatic carbocycles. The van der Waals surface area contributed by atoms with Crippen molar-refractivity contribution in [1.82, 2.24) is 56.0 Å². The number of rotatable bonds is 22. The van der Waals surface area contributed by atoms with E-state index in [1.165, 1.54) is 0 Å². The van der Waals surface area contributed by atoms with Gasteiger partial charge >= 0.3 is 0 Å². The van der Waals surface area contributed by atoms with E-state index in [0.29, 0.717) is 119 Å². The zero-order valence-electron chi connectivity index (χ0n) is 40.7. The Bertz CT molecular complexity index is 2620. The zero-order chi connectivity index (χ0) is 49.7. The van der Waals surface area contributed by atoms with E-state index in [-0.39, 0.29) is 41.6 Å². The number of hydrogen-bond acceptors (Lipinski definition) is 15. The van der Waals surface area contributed by atoms with Crippen LogP contribution in [0.2, 0.25) is 0 Å². The van der Waals surface area contributed by atoms with Crippen molar-refractivity contribution in [2.75, 3.05) is 38.5 Å². The van der Waals surface area contributed by atoms with Gasteiger partial charge in [-0.2, -0.15) is 0 Å². The van der Waals surface area contributed by atoms with Crippen LogP contribution in [0.15, 0.2) is 40.6 Å².